The van der Waals surface area contributed by atoms with Crippen LogP contribution in [-0.2, 0) is 0 Å². The van der Waals surface area contributed by atoms with Gasteiger partial charge in [0.15, 0.2) is 5.16 Å². The lowest BCUT2D eigenvalue weighted by molar-refractivity contribution is 0.522. The van der Waals surface area contributed by atoms with Crippen LogP contribution in [0.25, 0.3) is 0 Å². The minimum Gasteiger partial charge on any atom is -0.531 e. The van der Waals surface area contributed by atoms with E-state index in [2.05, 4.69) is 29.6 Å². The first-order valence-corrected chi connectivity index (χ1v) is 9.13. The maximum atomic E-state index is 5.80. The van der Waals surface area contributed by atoms with E-state index < -0.39 is 8.32 Å². The first kappa shape index (κ1) is 11.5. The molecule has 0 aromatic carbocycles. The molecule has 0 unspecified atom stereocenters. The first-order chi connectivity index (χ1) is 6.40. The van der Waals surface area contributed by atoms with Crippen molar-refractivity contribution in [1.29, 1.82) is 0 Å². The molecule has 0 atom stereocenters. The van der Waals surface area contributed by atoms with Crippen molar-refractivity contribution in [3.05, 3.63) is 11.8 Å². The van der Waals surface area contributed by atoms with Gasteiger partial charge < -0.3 is 4.43 Å². The Balaban J connectivity index is 2.92. The summed E-state index contributed by atoms with van der Waals surface area (Å²) in [4.78, 5) is 8.57. The maximum absolute atomic E-state index is 5.80. The summed E-state index contributed by atoms with van der Waals surface area (Å²) in [7, 11) is -1.56. The summed E-state index contributed by atoms with van der Waals surface area (Å²) in [5, 5.41) is 0.776. The molecule has 0 saturated heterocycles. The van der Waals surface area contributed by atoms with Crippen molar-refractivity contribution in [2.45, 2.75) is 31.7 Å². The zero-order chi connectivity index (χ0) is 10.8. The molecule has 0 amide bonds. The van der Waals surface area contributed by atoms with Gasteiger partial charge in [-0.15, -0.1) is 0 Å². The van der Waals surface area contributed by atoms with Crippen LogP contribution in [0.1, 0.15) is 5.69 Å². The summed E-state index contributed by atoms with van der Waals surface area (Å²) in [5.74, 6) is 0.709. The topological polar surface area (TPSA) is 35.0 Å². The Morgan fingerprint density at radius 3 is 2.43 bits per heavy atom. The zero-order valence-corrected chi connectivity index (χ0v) is 11.1. The van der Waals surface area contributed by atoms with Gasteiger partial charge in [-0.3, -0.25) is 0 Å². The van der Waals surface area contributed by atoms with Crippen molar-refractivity contribution in [2.24, 2.45) is 0 Å². The monoisotopic (exact) mass is 228 g/mol. The number of nitrogens with zero attached hydrogens (tertiary/aromatic N) is 2. The van der Waals surface area contributed by atoms with Gasteiger partial charge in [0.25, 0.3) is 0 Å². The fraction of sp³-hybridized carbons (Fsp3) is 0.556. The van der Waals surface area contributed by atoms with E-state index in [0.29, 0.717) is 5.88 Å². The largest absolute Gasteiger partial charge is 0.531 e. The summed E-state index contributed by atoms with van der Waals surface area (Å²) in [5.41, 5.74) is 0.956. The van der Waals surface area contributed by atoms with Gasteiger partial charge in [0.2, 0.25) is 14.2 Å². The summed E-state index contributed by atoms with van der Waals surface area (Å²) in [6, 6.07) is 1.89. The highest BCUT2D eigenvalue weighted by molar-refractivity contribution is 7.98. The van der Waals surface area contributed by atoms with Gasteiger partial charge in [0.05, 0.1) is 0 Å². The highest BCUT2D eigenvalue weighted by Crippen LogP contribution is 2.18. The van der Waals surface area contributed by atoms with Crippen LogP contribution in [0, 0.1) is 6.92 Å². The summed E-state index contributed by atoms with van der Waals surface area (Å²) in [6.45, 7) is 8.38. The van der Waals surface area contributed by atoms with Gasteiger partial charge >= 0.3 is 0 Å². The molecule has 5 heteroatoms. The van der Waals surface area contributed by atoms with Crippen LogP contribution in [0.15, 0.2) is 11.2 Å². The SMILES string of the molecule is CSc1nc(C)cc(O[Si](C)(C)C)n1. The fourth-order valence-corrected chi connectivity index (χ4v) is 2.12. The Morgan fingerprint density at radius 2 is 1.93 bits per heavy atom. The third-order valence-electron chi connectivity index (χ3n) is 1.40. The Labute approximate surface area is 90.4 Å². The molecule has 0 bridgehead atoms. The lowest BCUT2D eigenvalue weighted by atomic mass is 10.4. The van der Waals surface area contributed by atoms with Crippen LogP contribution in [0.4, 0.5) is 0 Å². The quantitative estimate of drug-likeness (QED) is 0.453. The van der Waals surface area contributed by atoms with E-state index in [9.17, 15) is 0 Å². The predicted molar refractivity (Wildman–Crippen MR) is 62.5 cm³/mol. The number of thioether (sulfide) groups is 1. The average molecular weight is 228 g/mol. The van der Waals surface area contributed by atoms with Crippen LogP contribution < -0.4 is 4.43 Å². The van der Waals surface area contributed by atoms with E-state index in [4.69, 9.17) is 4.43 Å². The molecular formula is C9H16N2OSSi. The lowest BCUT2D eigenvalue weighted by Crippen LogP contribution is -2.29. The average Bonchev–Trinajstić information content (AvgIpc) is 1.99. The number of rotatable bonds is 3. The van der Waals surface area contributed by atoms with Crippen LogP contribution in [0.2, 0.25) is 19.6 Å². The molecule has 0 radical (unpaired) electrons. The Bertz CT molecular complexity index is 325. The van der Waals surface area contributed by atoms with Gasteiger partial charge in [0, 0.05) is 11.8 Å². The van der Waals surface area contributed by atoms with Crippen molar-refractivity contribution >= 4 is 20.1 Å². The summed E-state index contributed by atoms with van der Waals surface area (Å²) < 4.78 is 5.80. The second-order valence-corrected chi connectivity index (χ2v) is 9.25. The van der Waals surface area contributed by atoms with Gasteiger partial charge in [-0.05, 0) is 32.8 Å². The molecule has 0 aliphatic heterocycles. The summed E-state index contributed by atoms with van der Waals surface area (Å²) >= 11 is 1.54. The molecule has 1 heterocycles. The normalized spacial score (nSPS) is 11.5. The highest BCUT2D eigenvalue weighted by Gasteiger charge is 2.17. The molecule has 0 aliphatic rings. The molecule has 0 saturated carbocycles. The fourth-order valence-electron chi connectivity index (χ4n) is 0.971. The number of hydrogen-bond donors (Lipinski definition) is 0. The number of aromatic nitrogens is 2. The molecule has 0 fully saturated rings. The smallest absolute Gasteiger partial charge is 0.244 e. The van der Waals surface area contributed by atoms with E-state index in [-0.39, 0.29) is 0 Å². The van der Waals surface area contributed by atoms with Gasteiger partial charge in [-0.2, -0.15) is 4.98 Å². The molecule has 0 N–H and O–H groups in total. The Morgan fingerprint density at radius 1 is 1.29 bits per heavy atom. The third-order valence-corrected chi connectivity index (χ3v) is 2.77. The standard InChI is InChI=1S/C9H16N2OSSi/c1-7-6-8(12-14(3,4)5)11-9(10-7)13-2/h6H,1-5H3. The Kier molecular flexibility index (Phi) is 3.55. The number of hydrogen-bond acceptors (Lipinski definition) is 4. The van der Waals surface area contributed by atoms with Crippen molar-refractivity contribution in [3.8, 4) is 5.88 Å². The molecule has 1 rings (SSSR count). The van der Waals surface area contributed by atoms with Crippen molar-refractivity contribution in [2.75, 3.05) is 6.26 Å². The molecular weight excluding hydrogens is 212 g/mol. The van der Waals surface area contributed by atoms with E-state index in [1.54, 1.807) is 0 Å². The molecule has 1 aromatic heterocycles. The zero-order valence-electron chi connectivity index (χ0n) is 9.29. The van der Waals surface area contributed by atoms with E-state index in [0.717, 1.165) is 10.9 Å². The molecule has 78 valence electrons. The summed E-state index contributed by atoms with van der Waals surface area (Å²) in [6.07, 6.45) is 1.97. The third kappa shape index (κ3) is 3.67. The van der Waals surface area contributed by atoms with Crippen LogP contribution in [-0.4, -0.2) is 24.5 Å². The van der Waals surface area contributed by atoms with E-state index in [1.807, 2.05) is 19.2 Å². The van der Waals surface area contributed by atoms with Crippen molar-refractivity contribution < 1.29 is 4.43 Å². The maximum Gasteiger partial charge on any atom is 0.244 e. The lowest BCUT2D eigenvalue weighted by Gasteiger charge is -2.18. The van der Waals surface area contributed by atoms with Crippen molar-refractivity contribution in [1.82, 2.24) is 9.97 Å². The Hall–Kier alpha value is -0.553. The molecule has 0 spiro atoms. The second-order valence-electron chi connectivity index (χ2n) is 4.05. The highest BCUT2D eigenvalue weighted by atomic mass is 32.2. The van der Waals surface area contributed by atoms with Gasteiger partial charge in [-0.25, -0.2) is 4.98 Å². The minimum absolute atomic E-state index is 0.709. The first-order valence-electron chi connectivity index (χ1n) is 4.49. The van der Waals surface area contributed by atoms with Crippen LogP contribution >= 0.6 is 11.8 Å². The second kappa shape index (κ2) is 4.31. The molecule has 1 aromatic rings. The van der Waals surface area contributed by atoms with Crippen molar-refractivity contribution in [3.63, 3.8) is 0 Å². The van der Waals surface area contributed by atoms with E-state index >= 15 is 0 Å². The molecule has 0 aliphatic carbocycles. The molecule has 14 heavy (non-hydrogen) atoms. The van der Waals surface area contributed by atoms with E-state index in [1.165, 1.54) is 11.8 Å². The van der Waals surface area contributed by atoms with Crippen LogP contribution in [0.5, 0.6) is 5.88 Å². The van der Waals surface area contributed by atoms with Gasteiger partial charge in [0.1, 0.15) is 0 Å². The number of aryl methyl sites for hydroxylation is 1. The van der Waals surface area contributed by atoms with Gasteiger partial charge in [-0.1, -0.05) is 11.8 Å². The predicted octanol–water partition coefficient (Wildman–Crippen LogP) is 2.72. The minimum atomic E-state index is -1.56. The molecule has 3 nitrogen and oxygen atoms in total. The van der Waals surface area contributed by atoms with Crippen LogP contribution in [0.3, 0.4) is 0 Å².